The van der Waals surface area contributed by atoms with Crippen LogP contribution in [0, 0.1) is 0 Å². The van der Waals surface area contributed by atoms with Crippen LogP contribution in [-0.2, 0) is 0 Å². The van der Waals surface area contributed by atoms with Crippen molar-refractivity contribution in [1.82, 2.24) is 0 Å². The Morgan fingerprint density at radius 1 is 1.11 bits per heavy atom. The van der Waals surface area contributed by atoms with Crippen molar-refractivity contribution in [2.45, 2.75) is 10.2 Å². The molecule has 0 aliphatic heterocycles. The third-order valence-corrected chi connectivity index (χ3v) is 1.96. The van der Waals surface area contributed by atoms with Crippen molar-refractivity contribution in [3.63, 3.8) is 0 Å². The molecule has 54 valence electrons. The highest BCUT2D eigenvalue weighted by atomic mass is 35.5. The van der Waals surface area contributed by atoms with E-state index in [1.165, 1.54) is 6.08 Å². The van der Waals surface area contributed by atoms with Crippen molar-refractivity contribution in [2.75, 3.05) is 0 Å². The van der Waals surface area contributed by atoms with Crippen LogP contribution in [0.2, 0.25) is 0 Å². The lowest BCUT2D eigenvalue weighted by Gasteiger charge is -2.01. The van der Waals surface area contributed by atoms with E-state index in [4.69, 9.17) is 58.0 Å². The van der Waals surface area contributed by atoms with Gasteiger partial charge in [-0.3, -0.25) is 0 Å². The number of hydrogen-bond acceptors (Lipinski definition) is 0. The summed E-state index contributed by atoms with van der Waals surface area (Å²) in [6, 6.07) is 0. The second-order valence-electron chi connectivity index (χ2n) is 1.24. The molecule has 0 aromatic rings. The first-order valence-corrected chi connectivity index (χ1v) is 4.05. The molecule has 0 heterocycles. The fourth-order valence-electron chi connectivity index (χ4n) is 0.193. The van der Waals surface area contributed by atoms with Crippen molar-refractivity contribution in [1.29, 1.82) is 0 Å². The van der Waals surface area contributed by atoms with Crippen LogP contribution >= 0.6 is 58.0 Å². The van der Waals surface area contributed by atoms with Crippen LogP contribution in [0.4, 0.5) is 0 Å². The van der Waals surface area contributed by atoms with Crippen LogP contribution < -0.4 is 0 Å². The Morgan fingerprint density at radius 3 is 1.67 bits per heavy atom. The number of rotatable bonds is 2. The van der Waals surface area contributed by atoms with E-state index in [0.29, 0.717) is 0 Å². The van der Waals surface area contributed by atoms with E-state index in [-0.39, 0.29) is 4.49 Å². The van der Waals surface area contributed by atoms with E-state index in [2.05, 4.69) is 0 Å². The van der Waals surface area contributed by atoms with E-state index in [0.717, 1.165) is 0 Å². The molecule has 0 radical (unpaired) electrons. The lowest BCUT2D eigenvalue weighted by atomic mass is 10.5. The molecule has 0 saturated carbocycles. The van der Waals surface area contributed by atoms with Crippen molar-refractivity contribution in [3.05, 3.63) is 10.6 Å². The highest BCUT2D eigenvalue weighted by Gasteiger charge is 2.10. The molecular weight excluding hydrogens is 225 g/mol. The van der Waals surface area contributed by atoms with Gasteiger partial charge in [0.1, 0.15) is 9.33 Å². The Balaban J connectivity index is 3.76. The highest BCUT2D eigenvalue weighted by molar-refractivity contribution is 6.56. The summed E-state index contributed by atoms with van der Waals surface area (Å²) in [6.45, 7) is 0. The molecule has 0 amide bonds. The standard InChI is InChI=1S/C4H3Cl5/c5-2(4(8)9)1-3(6)7/h1-2,4H. The molecule has 9 heavy (non-hydrogen) atoms. The van der Waals surface area contributed by atoms with E-state index in [1.54, 1.807) is 0 Å². The van der Waals surface area contributed by atoms with Gasteiger partial charge in [0, 0.05) is 0 Å². The Bertz CT molecular complexity index is 104. The Morgan fingerprint density at radius 2 is 1.56 bits per heavy atom. The normalized spacial score (nSPS) is 13.6. The Labute approximate surface area is 78.7 Å². The molecule has 1 unspecified atom stereocenters. The van der Waals surface area contributed by atoms with Gasteiger partial charge in [-0.1, -0.05) is 23.2 Å². The van der Waals surface area contributed by atoms with Crippen LogP contribution in [-0.4, -0.2) is 10.2 Å². The van der Waals surface area contributed by atoms with Gasteiger partial charge >= 0.3 is 0 Å². The SMILES string of the molecule is ClC(Cl)=CC(Cl)C(Cl)Cl. The van der Waals surface area contributed by atoms with E-state index in [1.807, 2.05) is 0 Å². The summed E-state index contributed by atoms with van der Waals surface area (Å²) < 4.78 is 0.0706. The molecule has 0 aromatic carbocycles. The van der Waals surface area contributed by atoms with Gasteiger partial charge in [0.05, 0.1) is 5.38 Å². The smallest absolute Gasteiger partial charge is 0.115 e. The van der Waals surface area contributed by atoms with E-state index in [9.17, 15) is 0 Å². The molecule has 0 bridgehead atoms. The molecule has 5 heteroatoms. The molecule has 0 aliphatic carbocycles. The van der Waals surface area contributed by atoms with Gasteiger partial charge in [-0.15, -0.1) is 34.8 Å². The van der Waals surface area contributed by atoms with E-state index >= 15 is 0 Å². The van der Waals surface area contributed by atoms with Gasteiger partial charge in [-0.05, 0) is 6.08 Å². The zero-order valence-electron chi connectivity index (χ0n) is 4.12. The van der Waals surface area contributed by atoms with Gasteiger partial charge in [0.2, 0.25) is 0 Å². The predicted molar refractivity (Wildman–Crippen MR) is 44.9 cm³/mol. The van der Waals surface area contributed by atoms with Gasteiger partial charge in [-0.25, -0.2) is 0 Å². The molecule has 0 fully saturated rings. The fourth-order valence-corrected chi connectivity index (χ4v) is 0.865. The lowest BCUT2D eigenvalue weighted by molar-refractivity contribution is 1.16. The second kappa shape index (κ2) is 4.92. The number of hydrogen-bond donors (Lipinski definition) is 0. The van der Waals surface area contributed by atoms with Crippen LogP contribution in [0.15, 0.2) is 10.6 Å². The maximum atomic E-state index is 5.50. The summed E-state index contributed by atoms with van der Waals surface area (Å²) in [5, 5.41) is -0.529. The first-order valence-electron chi connectivity index (χ1n) is 1.99. The average molecular weight is 228 g/mol. The molecule has 0 aromatic heterocycles. The molecular formula is C4H3Cl5. The minimum absolute atomic E-state index is 0.0706. The van der Waals surface area contributed by atoms with Crippen LogP contribution in [0.3, 0.4) is 0 Å². The third kappa shape index (κ3) is 5.63. The second-order valence-corrected chi connectivity index (χ2v) is 3.91. The van der Waals surface area contributed by atoms with Crippen molar-refractivity contribution in [2.24, 2.45) is 0 Å². The summed E-state index contributed by atoms with van der Waals surface area (Å²) in [5.74, 6) is 0. The minimum atomic E-state index is -0.681. The molecule has 0 N–H and O–H groups in total. The third-order valence-electron chi connectivity index (χ3n) is 0.526. The van der Waals surface area contributed by atoms with Crippen LogP contribution in [0.5, 0.6) is 0 Å². The molecule has 0 rings (SSSR count). The first kappa shape index (κ1) is 10.2. The number of alkyl halides is 3. The summed E-state index contributed by atoms with van der Waals surface area (Å²) in [5.41, 5.74) is 0. The zero-order valence-corrected chi connectivity index (χ0v) is 7.90. The minimum Gasteiger partial charge on any atom is -0.115 e. The molecule has 1 atom stereocenters. The number of allylic oxidation sites excluding steroid dienone is 1. The fraction of sp³-hybridized carbons (Fsp3) is 0.500. The number of halogens is 5. The largest absolute Gasteiger partial charge is 0.127 e. The monoisotopic (exact) mass is 226 g/mol. The molecule has 0 spiro atoms. The first-order chi connectivity index (χ1) is 4.04. The van der Waals surface area contributed by atoms with Gasteiger partial charge in [0.25, 0.3) is 0 Å². The van der Waals surface area contributed by atoms with E-state index < -0.39 is 10.2 Å². The van der Waals surface area contributed by atoms with Crippen molar-refractivity contribution in [3.8, 4) is 0 Å². The Hall–Kier alpha value is 1.19. The van der Waals surface area contributed by atoms with Gasteiger partial charge in [0.15, 0.2) is 0 Å². The van der Waals surface area contributed by atoms with Crippen molar-refractivity contribution < 1.29 is 0 Å². The zero-order chi connectivity index (χ0) is 7.44. The molecule has 0 saturated heterocycles. The summed E-state index contributed by atoms with van der Waals surface area (Å²) >= 11 is 26.7. The summed E-state index contributed by atoms with van der Waals surface area (Å²) in [6.07, 6.45) is 1.36. The highest BCUT2D eigenvalue weighted by Crippen LogP contribution is 2.19. The van der Waals surface area contributed by atoms with Gasteiger partial charge < -0.3 is 0 Å². The molecule has 0 nitrogen and oxygen atoms in total. The topological polar surface area (TPSA) is 0 Å². The summed E-state index contributed by atoms with van der Waals surface area (Å²) in [7, 11) is 0. The van der Waals surface area contributed by atoms with Crippen LogP contribution in [0.1, 0.15) is 0 Å². The maximum Gasteiger partial charge on any atom is 0.127 e. The predicted octanol–water partition coefficient (Wildman–Crippen LogP) is 3.72. The van der Waals surface area contributed by atoms with Crippen molar-refractivity contribution >= 4 is 58.0 Å². The molecule has 0 aliphatic rings. The lowest BCUT2D eigenvalue weighted by Crippen LogP contribution is -2.03. The Kier molecular flexibility index (Phi) is 5.57. The van der Waals surface area contributed by atoms with Gasteiger partial charge in [-0.2, -0.15) is 0 Å². The average Bonchev–Trinajstić information content (AvgIpc) is 1.63. The van der Waals surface area contributed by atoms with Crippen LogP contribution in [0.25, 0.3) is 0 Å². The quantitative estimate of drug-likeness (QED) is 0.632. The maximum absolute atomic E-state index is 5.50. The summed E-state index contributed by atoms with van der Waals surface area (Å²) in [4.78, 5) is -0.681.